The molecule has 0 fully saturated rings. The normalized spacial score (nSPS) is 14.2. The van der Waals surface area contributed by atoms with Gasteiger partial charge < -0.3 is 0 Å². The van der Waals surface area contributed by atoms with E-state index in [0.717, 1.165) is 39.6 Å². The minimum absolute atomic E-state index is 0.303. The van der Waals surface area contributed by atoms with Gasteiger partial charge in [0.05, 0.1) is 22.2 Å². The molecule has 1 unspecified atom stereocenters. The lowest BCUT2D eigenvalue weighted by atomic mass is 9.76. The second-order valence-electron chi connectivity index (χ2n) is 14.5. The number of hydrogen-bond acceptors (Lipinski definition) is 2. The van der Waals surface area contributed by atoms with Crippen molar-refractivity contribution in [3.63, 3.8) is 0 Å². The summed E-state index contributed by atoms with van der Waals surface area (Å²) in [6.07, 6.45) is 1.00. The minimum Gasteiger partial charge on any atom is -0.278 e. The van der Waals surface area contributed by atoms with Gasteiger partial charge in [0.15, 0.2) is 0 Å². The molecule has 0 amide bonds. The maximum Gasteiger partial charge on any atom is 0.235 e. The third kappa shape index (κ3) is 4.10. The van der Waals surface area contributed by atoms with E-state index < -0.39 is 0 Å². The quantitative estimate of drug-likeness (QED) is 0.187. The van der Waals surface area contributed by atoms with Crippen molar-refractivity contribution in [1.29, 1.82) is 0 Å². The summed E-state index contributed by atoms with van der Waals surface area (Å²) in [7, 11) is 0. The van der Waals surface area contributed by atoms with E-state index in [1.807, 2.05) is 0 Å². The van der Waals surface area contributed by atoms with Crippen molar-refractivity contribution in [3.8, 4) is 50.6 Å². The monoisotopic (exact) mass is 673 g/mol. The molecule has 12 rings (SSSR count). The standard InChI is InChI=1S/C50H31N3/c1-2-12-30(13-3-1)33-24-25-37-40(27-33)42-29-45-47(48-36-17-7-6-16-34(36)28-41(37)46(42)48)39-19-9-11-21-44(39)53(45)50-51-43-20-10-8-18-38(43)49(52-50)35-23-22-31-14-4-5-15-32(31)26-35/h1-27,29,41H,28H2. The summed E-state index contributed by atoms with van der Waals surface area (Å²) in [5.41, 5.74) is 17.3. The maximum atomic E-state index is 5.49. The molecule has 2 aliphatic rings. The van der Waals surface area contributed by atoms with Gasteiger partial charge >= 0.3 is 0 Å². The molecule has 2 aliphatic carbocycles. The lowest BCUT2D eigenvalue weighted by Gasteiger charge is -2.26. The van der Waals surface area contributed by atoms with E-state index in [4.69, 9.17) is 9.97 Å². The summed E-state index contributed by atoms with van der Waals surface area (Å²) in [6, 6.07) is 61.8. The largest absolute Gasteiger partial charge is 0.278 e. The first-order chi connectivity index (χ1) is 26.3. The molecule has 2 aromatic heterocycles. The summed E-state index contributed by atoms with van der Waals surface area (Å²) in [4.78, 5) is 10.8. The molecule has 0 N–H and O–H groups in total. The van der Waals surface area contributed by atoms with E-state index >= 15 is 0 Å². The summed E-state index contributed by atoms with van der Waals surface area (Å²) in [5.74, 6) is 0.986. The highest BCUT2D eigenvalue weighted by molar-refractivity contribution is 6.19. The van der Waals surface area contributed by atoms with Gasteiger partial charge in [-0.25, -0.2) is 9.97 Å². The van der Waals surface area contributed by atoms with Crippen molar-refractivity contribution in [2.24, 2.45) is 0 Å². The van der Waals surface area contributed by atoms with Gasteiger partial charge in [0, 0.05) is 27.6 Å². The molecule has 2 heterocycles. The topological polar surface area (TPSA) is 30.7 Å². The van der Waals surface area contributed by atoms with Crippen LogP contribution in [0, 0.1) is 0 Å². The van der Waals surface area contributed by atoms with Crippen LogP contribution in [0.1, 0.15) is 22.6 Å². The molecule has 0 radical (unpaired) electrons. The van der Waals surface area contributed by atoms with Gasteiger partial charge in [0.25, 0.3) is 0 Å². The van der Waals surface area contributed by atoms with Gasteiger partial charge in [-0.3, -0.25) is 4.57 Å². The van der Waals surface area contributed by atoms with Crippen molar-refractivity contribution >= 4 is 43.5 Å². The Morgan fingerprint density at radius 2 is 1.25 bits per heavy atom. The fourth-order valence-electron chi connectivity index (χ4n) is 9.38. The molecule has 0 saturated heterocycles. The van der Waals surface area contributed by atoms with Gasteiger partial charge in [-0.15, -0.1) is 0 Å². The molecule has 3 heteroatoms. The van der Waals surface area contributed by atoms with E-state index in [1.54, 1.807) is 0 Å². The van der Waals surface area contributed by atoms with E-state index in [-0.39, 0.29) is 0 Å². The SMILES string of the molecule is c1ccc(-c2ccc3c(c2)-c2cc4c(c5c2C3Cc2ccccc2-5)c2ccccc2n4-c2nc(-c3ccc4ccccc4c3)c3ccccc3n2)cc1. The predicted molar refractivity (Wildman–Crippen MR) is 219 cm³/mol. The van der Waals surface area contributed by atoms with Crippen molar-refractivity contribution in [2.75, 3.05) is 0 Å². The zero-order chi connectivity index (χ0) is 34.6. The van der Waals surface area contributed by atoms with Gasteiger partial charge in [-0.1, -0.05) is 140 Å². The second-order valence-corrected chi connectivity index (χ2v) is 14.5. The van der Waals surface area contributed by atoms with E-state index in [1.165, 1.54) is 71.6 Å². The molecule has 0 bridgehead atoms. The second kappa shape index (κ2) is 10.8. The van der Waals surface area contributed by atoms with Crippen molar-refractivity contribution < 1.29 is 0 Å². The summed E-state index contributed by atoms with van der Waals surface area (Å²) < 4.78 is 2.32. The molecular weight excluding hydrogens is 643 g/mol. The number of aromatic nitrogens is 3. The molecule has 0 spiro atoms. The Kier molecular flexibility index (Phi) is 5.89. The van der Waals surface area contributed by atoms with Crippen LogP contribution in [-0.2, 0) is 6.42 Å². The molecule has 10 aromatic rings. The van der Waals surface area contributed by atoms with Crippen LogP contribution in [0.2, 0.25) is 0 Å². The Bertz CT molecular complexity index is 3150. The molecule has 1 atom stereocenters. The first kappa shape index (κ1) is 28.8. The molecule has 0 aliphatic heterocycles. The Labute approximate surface area is 306 Å². The highest BCUT2D eigenvalue weighted by atomic mass is 15.2. The van der Waals surface area contributed by atoms with Gasteiger partial charge in [-0.05, 0) is 97.6 Å². The summed E-state index contributed by atoms with van der Waals surface area (Å²) >= 11 is 0. The average Bonchev–Trinajstić information content (AvgIpc) is 3.72. The molecule has 3 nitrogen and oxygen atoms in total. The lowest BCUT2D eigenvalue weighted by molar-refractivity contribution is 0.817. The number of para-hydroxylation sites is 2. The zero-order valence-corrected chi connectivity index (χ0v) is 28.8. The van der Waals surface area contributed by atoms with Gasteiger partial charge in [0.1, 0.15) is 0 Å². The Hall–Kier alpha value is -6.84. The zero-order valence-electron chi connectivity index (χ0n) is 28.8. The fourth-order valence-corrected chi connectivity index (χ4v) is 9.38. The number of rotatable bonds is 3. The van der Waals surface area contributed by atoms with Crippen molar-refractivity contribution in [3.05, 3.63) is 187 Å². The van der Waals surface area contributed by atoms with Crippen LogP contribution in [0.3, 0.4) is 0 Å². The summed E-state index contributed by atoms with van der Waals surface area (Å²) in [5, 5.41) is 5.96. The Balaban J connectivity index is 1.20. The maximum absolute atomic E-state index is 5.49. The van der Waals surface area contributed by atoms with Crippen LogP contribution < -0.4 is 0 Å². The number of fused-ring (bicyclic) bond motifs is 11. The van der Waals surface area contributed by atoms with E-state index in [9.17, 15) is 0 Å². The Morgan fingerprint density at radius 3 is 2.17 bits per heavy atom. The van der Waals surface area contributed by atoms with Crippen LogP contribution in [-0.4, -0.2) is 14.5 Å². The molecule has 53 heavy (non-hydrogen) atoms. The van der Waals surface area contributed by atoms with Crippen LogP contribution in [0.4, 0.5) is 0 Å². The van der Waals surface area contributed by atoms with Gasteiger partial charge in [0.2, 0.25) is 5.95 Å². The molecule has 8 aromatic carbocycles. The Morgan fingerprint density at radius 1 is 0.491 bits per heavy atom. The minimum atomic E-state index is 0.303. The van der Waals surface area contributed by atoms with Crippen LogP contribution in [0.25, 0.3) is 94.1 Å². The number of benzene rings is 8. The highest BCUT2D eigenvalue weighted by Crippen LogP contribution is 2.57. The predicted octanol–water partition coefficient (Wildman–Crippen LogP) is 12.5. The highest BCUT2D eigenvalue weighted by Gasteiger charge is 2.38. The molecular formula is C50H31N3. The van der Waals surface area contributed by atoms with E-state index in [0.29, 0.717) is 11.9 Å². The third-order valence-electron chi connectivity index (χ3n) is 11.7. The lowest BCUT2D eigenvalue weighted by Crippen LogP contribution is -2.10. The smallest absolute Gasteiger partial charge is 0.235 e. The van der Waals surface area contributed by atoms with E-state index in [2.05, 4.69) is 174 Å². The number of hydrogen-bond donors (Lipinski definition) is 0. The first-order valence-electron chi connectivity index (χ1n) is 18.4. The average molecular weight is 674 g/mol. The number of nitrogens with zero attached hydrogens (tertiary/aromatic N) is 3. The van der Waals surface area contributed by atoms with Crippen molar-refractivity contribution in [1.82, 2.24) is 14.5 Å². The fraction of sp³-hybridized carbons (Fsp3) is 0.0400. The van der Waals surface area contributed by atoms with Crippen LogP contribution >= 0.6 is 0 Å². The van der Waals surface area contributed by atoms with Crippen molar-refractivity contribution in [2.45, 2.75) is 12.3 Å². The first-order valence-corrected chi connectivity index (χ1v) is 18.4. The van der Waals surface area contributed by atoms with Crippen LogP contribution in [0.5, 0.6) is 0 Å². The van der Waals surface area contributed by atoms with Crippen LogP contribution in [0.15, 0.2) is 170 Å². The molecule has 0 saturated carbocycles. The third-order valence-corrected chi connectivity index (χ3v) is 11.7. The van der Waals surface area contributed by atoms with Gasteiger partial charge in [-0.2, -0.15) is 0 Å². The summed E-state index contributed by atoms with van der Waals surface area (Å²) in [6.45, 7) is 0. The molecule has 246 valence electrons.